The normalized spacial score (nSPS) is 20.2. The largest absolute Gasteiger partial charge is 0.481 e. The third-order valence-electron chi connectivity index (χ3n) is 7.44. The van der Waals surface area contributed by atoms with Crippen LogP contribution >= 0.6 is 11.3 Å². The number of alkyl halides is 3. The Bertz CT molecular complexity index is 1610. The van der Waals surface area contributed by atoms with E-state index in [4.69, 9.17) is 4.74 Å². The maximum absolute atomic E-state index is 13.2. The van der Waals surface area contributed by atoms with E-state index in [0.717, 1.165) is 17.8 Å². The number of rotatable bonds is 7. The number of aliphatic carboxylic acids is 1. The molecule has 1 aliphatic rings. The molecule has 3 heterocycles. The zero-order valence-electron chi connectivity index (χ0n) is 22.9. The van der Waals surface area contributed by atoms with Crippen LogP contribution in [0.4, 0.5) is 24.8 Å². The number of methoxy groups -OCH3 is 1. The zero-order chi connectivity index (χ0) is 30.3. The number of carboxylic acids is 1. The quantitative estimate of drug-likeness (QED) is 0.217. The fourth-order valence-electron chi connectivity index (χ4n) is 5.39. The van der Waals surface area contributed by atoms with Gasteiger partial charge in [-0.1, -0.05) is 13.8 Å². The van der Waals surface area contributed by atoms with Crippen molar-refractivity contribution in [2.24, 2.45) is 11.3 Å². The SMILES string of the molecule is COc1ccc(-c2cc(Nc3nccc(C(F)(F)F)n3)cc(-c3cnc([C@@]4(O)CC[C@@H](C(=O)O)C(C)(C)C4)s3)c2)cn1. The molecule has 3 aromatic heterocycles. The number of benzene rings is 1. The van der Waals surface area contributed by atoms with Crippen LogP contribution in [-0.2, 0) is 16.6 Å². The maximum atomic E-state index is 13.2. The lowest BCUT2D eigenvalue weighted by molar-refractivity contribution is -0.154. The molecule has 0 bridgehead atoms. The first kappa shape index (κ1) is 29.4. The molecular formula is C29H28F3N5O4S. The number of carbonyl (C=O) groups is 1. The highest BCUT2D eigenvalue weighted by atomic mass is 32.1. The summed E-state index contributed by atoms with van der Waals surface area (Å²) in [6, 6.07) is 9.65. The molecule has 1 aliphatic carbocycles. The summed E-state index contributed by atoms with van der Waals surface area (Å²) in [5, 5.41) is 24.6. The summed E-state index contributed by atoms with van der Waals surface area (Å²) in [5.41, 5.74) is -0.470. The Morgan fingerprint density at radius 2 is 1.83 bits per heavy atom. The van der Waals surface area contributed by atoms with Crippen molar-refractivity contribution in [2.75, 3.05) is 12.4 Å². The molecule has 0 radical (unpaired) electrons. The molecule has 13 heteroatoms. The standard InChI is InChI=1S/C29H28F3N5O4S/c1-27(2)15-28(40,8-6-20(27)24(38)39)25-35-14-21(42-25)18-10-17(16-4-5-23(41-3)34-13-16)11-19(12-18)36-26-33-9-7-22(37-26)29(30,31)32/h4-5,7,9-14,20,40H,6,8,15H2,1-3H3,(H,38,39)(H,33,36,37)/t20-,28+/m0/s1. The number of hydrogen-bond acceptors (Lipinski definition) is 9. The number of anilines is 2. The molecule has 9 nitrogen and oxygen atoms in total. The van der Waals surface area contributed by atoms with Gasteiger partial charge < -0.3 is 20.3 Å². The first-order chi connectivity index (χ1) is 19.8. The van der Waals surface area contributed by atoms with Crippen LogP contribution in [0.1, 0.15) is 43.8 Å². The first-order valence-electron chi connectivity index (χ1n) is 13.0. The highest BCUT2D eigenvalue weighted by molar-refractivity contribution is 7.15. The molecule has 0 amide bonds. The van der Waals surface area contributed by atoms with Gasteiger partial charge in [-0.05, 0) is 66.1 Å². The minimum atomic E-state index is -4.63. The van der Waals surface area contributed by atoms with E-state index in [1.165, 1.54) is 18.4 Å². The molecule has 1 aromatic carbocycles. The lowest BCUT2D eigenvalue weighted by Crippen LogP contribution is -2.44. The summed E-state index contributed by atoms with van der Waals surface area (Å²) in [7, 11) is 1.50. The Labute approximate surface area is 243 Å². The van der Waals surface area contributed by atoms with Gasteiger partial charge in [-0.25, -0.2) is 19.9 Å². The lowest BCUT2D eigenvalue weighted by Gasteiger charge is -2.44. The van der Waals surface area contributed by atoms with Crippen molar-refractivity contribution in [3.63, 3.8) is 0 Å². The molecule has 0 aliphatic heterocycles. The number of nitrogens with zero attached hydrogens (tertiary/aromatic N) is 4. The number of aliphatic hydroxyl groups is 1. The molecule has 0 unspecified atom stereocenters. The first-order valence-corrected chi connectivity index (χ1v) is 13.8. The van der Waals surface area contributed by atoms with Crippen molar-refractivity contribution in [1.82, 2.24) is 19.9 Å². The van der Waals surface area contributed by atoms with Gasteiger partial charge in [0, 0.05) is 35.9 Å². The minimum Gasteiger partial charge on any atom is -0.481 e. The maximum Gasteiger partial charge on any atom is 0.433 e. The average molecular weight is 600 g/mol. The Kier molecular flexibility index (Phi) is 7.66. The molecule has 3 N–H and O–H groups in total. The van der Waals surface area contributed by atoms with E-state index in [9.17, 15) is 28.2 Å². The topological polar surface area (TPSA) is 130 Å². The van der Waals surface area contributed by atoms with Gasteiger partial charge in [0.05, 0.1) is 17.9 Å². The van der Waals surface area contributed by atoms with Crippen molar-refractivity contribution in [1.29, 1.82) is 0 Å². The van der Waals surface area contributed by atoms with Crippen LogP contribution in [0, 0.1) is 11.3 Å². The molecule has 42 heavy (non-hydrogen) atoms. The summed E-state index contributed by atoms with van der Waals surface area (Å²) in [6.07, 6.45) is 0.472. The molecule has 1 saturated carbocycles. The van der Waals surface area contributed by atoms with Crippen molar-refractivity contribution in [3.05, 3.63) is 65.7 Å². The fraction of sp³-hybridized carbons (Fsp3) is 0.345. The molecule has 0 saturated heterocycles. The summed E-state index contributed by atoms with van der Waals surface area (Å²) in [4.78, 5) is 28.8. The van der Waals surface area contributed by atoms with Gasteiger partial charge >= 0.3 is 12.1 Å². The molecule has 0 spiro atoms. The molecule has 1 fully saturated rings. The number of ether oxygens (including phenoxy) is 1. The van der Waals surface area contributed by atoms with Crippen molar-refractivity contribution >= 4 is 28.9 Å². The van der Waals surface area contributed by atoms with Gasteiger partial charge in [-0.2, -0.15) is 13.2 Å². The lowest BCUT2D eigenvalue weighted by atomic mass is 9.63. The number of thiazole rings is 1. The zero-order valence-corrected chi connectivity index (χ0v) is 23.8. The summed E-state index contributed by atoms with van der Waals surface area (Å²) >= 11 is 1.28. The monoisotopic (exact) mass is 599 g/mol. The second-order valence-electron chi connectivity index (χ2n) is 10.9. The highest BCUT2D eigenvalue weighted by Gasteiger charge is 2.49. The second kappa shape index (κ2) is 11.0. The van der Waals surface area contributed by atoms with Gasteiger partial charge in [-0.15, -0.1) is 11.3 Å². The summed E-state index contributed by atoms with van der Waals surface area (Å²) in [6.45, 7) is 3.68. The van der Waals surface area contributed by atoms with E-state index in [1.54, 1.807) is 36.7 Å². The van der Waals surface area contributed by atoms with Crippen molar-refractivity contribution in [3.8, 4) is 27.4 Å². The predicted octanol–water partition coefficient (Wildman–Crippen LogP) is 6.53. The average Bonchev–Trinajstić information content (AvgIpc) is 3.44. The van der Waals surface area contributed by atoms with Gasteiger partial charge in [0.15, 0.2) is 0 Å². The molecule has 5 rings (SSSR count). The molecular weight excluding hydrogens is 571 g/mol. The summed E-state index contributed by atoms with van der Waals surface area (Å²) < 4.78 is 44.9. The van der Waals surface area contributed by atoms with E-state index >= 15 is 0 Å². The summed E-state index contributed by atoms with van der Waals surface area (Å²) in [5.74, 6) is -1.25. The Morgan fingerprint density at radius 3 is 2.48 bits per heavy atom. The fourth-order valence-corrected chi connectivity index (χ4v) is 6.41. The third-order valence-corrected chi connectivity index (χ3v) is 8.68. The Hall–Kier alpha value is -4.10. The van der Waals surface area contributed by atoms with Crippen LogP contribution in [0.3, 0.4) is 0 Å². The number of aromatic nitrogens is 4. The number of halogens is 3. The van der Waals surface area contributed by atoms with E-state index in [2.05, 4.69) is 25.3 Å². The van der Waals surface area contributed by atoms with Crippen LogP contribution in [0.2, 0.25) is 0 Å². The smallest absolute Gasteiger partial charge is 0.433 e. The molecule has 4 aromatic rings. The Morgan fingerprint density at radius 1 is 1.07 bits per heavy atom. The number of pyridine rings is 1. The molecule has 220 valence electrons. The van der Waals surface area contributed by atoms with Crippen LogP contribution in [0.5, 0.6) is 5.88 Å². The van der Waals surface area contributed by atoms with Gasteiger partial charge in [0.1, 0.15) is 16.3 Å². The van der Waals surface area contributed by atoms with Crippen LogP contribution in [0.15, 0.2) is 55.0 Å². The number of nitrogens with one attached hydrogen (secondary N) is 1. The van der Waals surface area contributed by atoms with E-state index in [-0.39, 0.29) is 18.8 Å². The highest BCUT2D eigenvalue weighted by Crippen LogP contribution is 2.51. The van der Waals surface area contributed by atoms with Gasteiger partial charge in [0.2, 0.25) is 11.8 Å². The van der Waals surface area contributed by atoms with Crippen LogP contribution in [0.25, 0.3) is 21.6 Å². The van der Waals surface area contributed by atoms with Crippen molar-refractivity contribution < 1.29 is 32.9 Å². The third kappa shape index (κ3) is 6.07. The minimum absolute atomic E-state index is 0.225. The predicted molar refractivity (Wildman–Crippen MR) is 150 cm³/mol. The van der Waals surface area contributed by atoms with Crippen molar-refractivity contribution in [2.45, 2.75) is 44.9 Å². The second-order valence-corrected chi connectivity index (χ2v) is 12.0. The van der Waals surface area contributed by atoms with E-state index < -0.39 is 34.8 Å². The molecule has 2 atom stereocenters. The van der Waals surface area contributed by atoms with E-state index in [1.807, 2.05) is 19.9 Å². The van der Waals surface area contributed by atoms with Gasteiger partial charge in [-0.3, -0.25) is 4.79 Å². The van der Waals surface area contributed by atoms with E-state index in [0.29, 0.717) is 39.0 Å². The van der Waals surface area contributed by atoms with Gasteiger partial charge in [0.25, 0.3) is 0 Å². The number of carboxylic acid groups (broad SMARTS) is 1. The van der Waals surface area contributed by atoms with Crippen LogP contribution in [-0.4, -0.2) is 43.2 Å². The number of hydrogen-bond donors (Lipinski definition) is 3. The van der Waals surface area contributed by atoms with Crippen LogP contribution < -0.4 is 10.1 Å². The Balaban J connectivity index is 1.52.